The van der Waals surface area contributed by atoms with Crippen LogP contribution in [0.3, 0.4) is 0 Å². The van der Waals surface area contributed by atoms with Gasteiger partial charge in [-0.2, -0.15) is 0 Å². The highest BCUT2D eigenvalue weighted by molar-refractivity contribution is 6.03. The van der Waals surface area contributed by atoms with Crippen LogP contribution in [0.25, 0.3) is 32.9 Å². The van der Waals surface area contributed by atoms with Crippen LogP contribution in [0.4, 0.5) is 19.0 Å². The number of halogens is 3. The summed E-state index contributed by atoms with van der Waals surface area (Å²) >= 11 is 0. The minimum atomic E-state index is -0.935. The van der Waals surface area contributed by atoms with Gasteiger partial charge in [0.2, 0.25) is 5.82 Å². The van der Waals surface area contributed by atoms with E-state index in [2.05, 4.69) is 42.8 Å². The summed E-state index contributed by atoms with van der Waals surface area (Å²) in [7, 11) is 0. The maximum absolute atomic E-state index is 16.7. The van der Waals surface area contributed by atoms with Gasteiger partial charge in [0.05, 0.1) is 16.5 Å². The number of hydrogen-bond donors (Lipinski definition) is 2. The van der Waals surface area contributed by atoms with Crippen molar-refractivity contribution in [3.8, 4) is 41.2 Å². The number of fused-ring (bicyclic) bond motifs is 5. The zero-order valence-electron chi connectivity index (χ0n) is 23.9. The Bertz CT molecular complexity index is 1950. The summed E-state index contributed by atoms with van der Waals surface area (Å²) in [6, 6.07) is 6.08. The first-order valence-electron chi connectivity index (χ1n) is 15.0. The van der Waals surface area contributed by atoms with Crippen LogP contribution in [0.5, 0.6) is 5.75 Å². The predicted molar refractivity (Wildman–Crippen MR) is 162 cm³/mol. The topological polar surface area (TPSA) is 77.4 Å². The molecule has 0 radical (unpaired) electrons. The van der Waals surface area contributed by atoms with Crippen molar-refractivity contribution in [3.05, 3.63) is 53.5 Å². The highest BCUT2D eigenvalue weighted by atomic mass is 19.1. The fourth-order valence-electron chi connectivity index (χ4n) is 7.72. The molecule has 8 rings (SSSR count). The highest BCUT2D eigenvalue weighted by Gasteiger charge is 2.47. The van der Waals surface area contributed by atoms with Crippen LogP contribution in [0.15, 0.2) is 30.5 Å². The number of aromatic hydroxyl groups is 1. The molecule has 2 aromatic carbocycles. The number of terminal acetylenes is 1. The number of pyridine rings is 1. The molecule has 6 heterocycles. The molecule has 0 spiro atoms. The van der Waals surface area contributed by atoms with Crippen LogP contribution >= 0.6 is 0 Å². The van der Waals surface area contributed by atoms with Crippen LogP contribution in [0.2, 0.25) is 0 Å². The molecule has 7 nitrogen and oxygen atoms in total. The molecule has 4 aliphatic rings. The number of rotatable bonds is 2. The molecule has 0 aliphatic carbocycles. The molecule has 222 valence electrons. The van der Waals surface area contributed by atoms with Crippen LogP contribution in [-0.2, 0) is 0 Å². The van der Waals surface area contributed by atoms with E-state index in [0.29, 0.717) is 54.7 Å². The van der Waals surface area contributed by atoms with Crippen molar-refractivity contribution in [1.82, 2.24) is 25.2 Å². The van der Waals surface area contributed by atoms with Gasteiger partial charge in [-0.15, -0.1) is 6.42 Å². The average molecular weight is 595 g/mol. The number of aromatic nitrogens is 3. The molecule has 4 aromatic rings. The molecular weight excluding hydrogens is 565 g/mol. The Balaban J connectivity index is 1.33. The van der Waals surface area contributed by atoms with Crippen molar-refractivity contribution >= 4 is 27.5 Å². The van der Waals surface area contributed by atoms with Crippen LogP contribution in [-0.4, -0.2) is 74.9 Å². The first-order valence-corrected chi connectivity index (χ1v) is 15.0. The van der Waals surface area contributed by atoms with Gasteiger partial charge in [-0.1, -0.05) is 17.9 Å². The highest BCUT2D eigenvalue weighted by Crippen LogP contribution is 2.41. The summed E-state index contributed by atoms with van der Waals surface area (Å²) in [6.45, 7) is 2.55. The molecule has 0 saturated carbocycles. The van der Waals surface area contributed by atoms with Gasteiger partial charge in [-0.25, -0.2) is 23.1 Å². The van der Waals surface area contributed by atoms with E-state index in [0.717, 1.165) is 32.2 Å². The largest absolute Gasteiger partial charge is 0.508 e. The summed E-state index contributed by atoms with van der Waals surface area (Å²) in [5.41, 5.74) is -0.570. The van der Waals surface area contributed by atoms with Gasteiger partial charge in [-0.3, -0.25) is 9.88 Å². The lowest BCUT2D eigenvalue weighted by Crippen LogP contribution is -2.51. The second-order valence-electron chi connectivity index (χ2n) is 12.4. The number of benzene rings is 2. The lowest BCUT2D eigenvalue weighted by Gasteiger charge is -2.34. The zero-order valence-corrected chi connectivity index (χ0v) is 23.9. The Morgan fingerprint density at radius 3 is 2.70 bits per heavy atom. The van der Waals surface area contributed by atoms with Crippen molar-refractivity contribution in [1.29, 1.82) is 0 Å². The number of hydrogen-bond acceptors (Lipinski definition) is 7. The Morgan fingerprint density at radius 2 is 1.91 bits per heavy atom. The number of piperazine rings is 1. The summed E-state index contributed by atoms with van der Waals surface area (Å²) in [4.78, 5) is 18.1. The molecule has 0 amide bonds. The van der Waals surface area contributed by atoms with E-state index in [9.17, 15) is 13.9 Å². The monoisotopic (exact) mass is 594 g/mol. The molecular formula is C34H29F3N6O. The Labute approximate surface area is 252 Å². The van der Waals surface area contributed by atoms with E-state index in [-0.39, 0.29) is 39.3 Å². The molecule has 10 heteroatoms. The van der Waals surface area contributed by atoms with Crippen LogP contribution in [0, 0.1) is 35.8 Å². The number of phenolic OH excluding ortho intramolecular Hbond substituents is 1. The van der Waals surface area contributed by atoms with Crippen molar-refractivity contribution in [2.45, 2.75) is 55.9 Å². The summed E-state index contributed by atoms with van der Waals surface area (Å²) < 4.78 is 45.9. The summed E-state index contributed by atoms with van der Waals surface area (Å²) in [6.07, 6.45) is 10.4. The van der Waals surface area contributed by atoms with Gasteiger partial charge >= 0.3 is 0 Å². The van der Waals surface area contributed by atoms with E-state index in [4.69, 9.17) is 11.4 Å². The minimum absolute atomic E-state index is 0.0147. The molecule has 2 N–H and O–H groups in total. The second kappa shape index (κ2) is 10.1. The quantitative estimate of drug-likeness (QED) is 0.327. The average Bonchev–Trinajstić information content (AvgIpc) is 3.66. The number of alkyl halides is 1. The molecule has 44 heavy (non-hydrogen) atoms. The smallest absolute Gasteiger partial charge is 0.207 e. The molecule has 4 fully saturated rings. The van der Waals surface area contributed by atoms with Gasteiger partial charge in [0, 0.05) is 55.3 Å². The summed E-state index contributed by atoms with van der Waals surface area (Å²) in [5.74, 6) is 7.93. The Hall–Kier alpha value is -4.38. The zero-order chi connectivity index (χ0) is 30.2. The third-order valence-electron chi connectivity index (χ3n) is 9.64. The number of nitrogens with zero attached hydrogens (tertiary/aromatic N) is 5. The molecule has 4 atom stereocenters. The number of anilines is 1. The number of nitrogens with one attached hydrogen (secondary N) is 1. The van der Waals surface area contributed by atoms with Gasteiger partial charge in [-0.05, 0) is 61.7 Å². The SMILES string of the molecule is C#Cc1c(F)ccc2cc(O)cc(-c3ncc4c(N5C[C@H]6CC[C@@H](C5)N6)nc(C#CC56CCCN5CC(F)C6)nc4c3F)c12. The summed E-state index contributed by atoms with van der Waals surface area (Å²) in [5, 5.41) is 15.3. The fourth-order valence-corrected chi connectivity index (χ4v) is 7.72. The minimum Gasteiger partial charge on any atom is -0.508 e. The standard InChI is InChI=1S/C34H29F3N6O/c1-2-24-27(36)7-4-19-12-23(44)13-25(29(19)24)31-30(37)32-26(15-38-31)33(42-17-21-5-6-22(18-42)39-21)41-28(40-32)8-10-34-9-3-11-43(34)16-20(35)14-34/h1,4,7,12-13,15,20-22,39,44H,3,5-6,9,11,14,16-18H2/t20?,21-,22+,34?. The lowest BCUT2D eigenvalue weighted by molar-refractivity contribution is 0.255. The third kappa shape index (κ3) is 4.28. The Morgan fingerprint density at radius 1 is 1.09 bits per heavy atom. The van der Waals surface area contributed by atoms with Crippen molar-refractivity contribution < 1.29 is 18.3 Å². The van der Waals surface area contributed by atoms with Gasteiger partial charge in [0.1, 0.15) is 34.8 Å². The molecule has 4 saturated heterocycles. The van der Waals surface area contributed by atoms with Crippen molar-refractivity contribution in [2.75, 3.05) is 31.1 Å². The lowest BCUT2D eigenvalue weighted by atomic mass is 9.94. The maximum Gasteiger partial charge on any atom is 0.207 e. The Kier molecular flexibility index (Phi) is 6.23. The van der Waals surface area contributed by atoms with Gasteiger partial charge in [0.25, 0.3) is 0 Å². The van der Waals surface area contributed by atoms with E-state index in [1.807, 2.05) is 0 Å². The first-order chi connectivity index (χ1) is 21.3. The van der Waals surface area contributed by atoms with E-state index < -0.39 is 23.3 Å². The van der Waals surface area contributed by atoms with Crippen molar-refractivity contribution in [3.63, 3.8) is 0 Å². The predicted octanol–water partition coefficient (Wildman–Crippen LogP) is 4.68. The van der Waals surface area contributed by atoms with Crippen molar-refractivity contribution in [2.24, 2.45) is 0 Å². The first kappa shape index (κ1) is 27.2. The fraction of sp³-hybridized carbons (Fsp3) is 0.382. The van der Waals surface area contributed by atoms with Crippen LogP contribution in [0.1, 0.15) is 43.5 Å². The molecule has 2 unspecified atom stereocenters. The molecule has 2 bridgehead atoms. The third-order valence-corrected chi connectivity index (χ3v) is 9.64. The molecule has 4 aliphatic heterocycles. The normalized spacial score (nSPS) is 26.1. The van der Waals surface area contributed by atoms with Gasteiger partial charge in [0.15, 0.2) is 5.82 Å². The van der Waals surface area contributed by atoms with E-state index in [1.165, 1.54) is 30.5 Å². The number of phenols is 1. The maximum atomic E-state index is 16.7. The van der Waals surface area contributed by atoms with Gasteiger partial charge < -0.3 is 15.3 Å². The molecule has 2 aromatic heterocycles. The van der Waals surface area contributed by atoms with Crippen LogP contribution < -0.4 is 10.2 Å². The second-order valence-corrected chi connectivity index (χ2v) is 12.4. The van der Waals surface area contributed by atoms with E-state index in [1.54, 1.807) is 0 Å². The van der Waals surface area contributed by atoms with E-state index >= 15 is 4.39 Å².